The highest BCUT2D eigenvalue weighted by atomic mass is 35.5. The quantitative estimate of drug-likeness (QED) is 0.333. The minimum absolute atomic E-state index is 0.0612. The van der Waals surface area contributed by atoms with E-state index in [4.69, 9.17) is 16.3 Å². The second-order valence-corrected chi connectivity index (χ2v) is 8.05. The molecule has 1 aromatic rings. The average Bonchev–Trinajstić information content (AvgIpc) is 2.91. The molecule has 0 bridgehead atoms. The number of hydrogen-bond donors (Lipinski definition) is 2. The minimum atomic E-state index is -0.701. The van der Waals surface area contributed by atoms with Crippen LogP contribution in [0.3, 0.4) is 0 Å². The molecule has 1 aliphatic rings. The molecule has 0 aliphatic heterocycles. The third kappa shape index (κ3) is 7.33. The van der Waals surface area contributed by atoms with Gasteiger partial charge in [-0.25, -0.2) is 0 Å². The van der Waals surface area contributed by atoms with Crippen LogP contribution in [0.4, 0.5) is 0 Å². The summed E-state index contributed by atoms with van der Waals surface area (Å²) in [6.07, 6.45) is 11.9. The SMILES string of the molecule is CCCC/C=C/CC1C(O)CC(Cl)C1/C=C/C(O)COc1cccc(C)c1. The van der Waals surface area contributed by atoms with Crippen LogP contribution in [-0.4, -0.2) is 34.4 Å². The summed E-state index contributed by atoms with van der Waals surface area (Å²) < 4.78 is 5.65. The first-order valence-electron chi connectivity index (χ1n) is 10.0. The number of aliphatic hydroxyl groups is 2. The van der Waals surface area contributed by atoms with Crippen LogP contribution in [0.25, 0.3) is 0 Å². The molecule has 0 radical (unpaired) electrons. The third-order valence-electron chi connectivity index (χ3n) is 5.14. The maximum atomic E-state index is 10.3. The zero-order valence-electron chi connectivity index (χ0n) is 16.4. The van der Waals surface area contributed by atoms with Gasteiger partial charge in [-0.1, -0.05) is 56.2 Å². The van der Waals surface area contributed by atoms with E-state index in [1.165, 1.54) is 12.8 Å². The number of alkyl halides is 1. The highest BCUT2D eigenvalue weighted by molar-refractivity contribution is 6.21. The number of ether oxygens (including phenoxy) is 1. The Morgan fingerprint density at radius 3 is 2.89 bits per heavy atom. The fourth-order valence-corrected chi connectivity index (χ4v) is 4.01. The lowest BCUT2D eigenvalue weighted by Gasteiger charge is -2.19. The van der Waals surface area contributed by atoms with E-state index in [9.17, 15) is 10.2 Å². The Bertz CT molecular complexity index is 613. The van der Waals surface area contributed by atoms with Gasteiger partial charge in [0.05, 0.1) is 6.10 Å². The Hall–Kier alpha value is -1.29. The summed E-state index contributed by atoms with van der Waals surface area (Å²) in [5.74, 6) is 0.918. The number of hydrogen-bond acceptors (Lipinski definition) is 3. The number of halogens is 1. The van der Waals surface area contributed by atoms with Gasteiger partial charge < -0.3 is 14.9 Å². The van der Waals surface area contributed by atoms with Crippen molar-refractivity contribution in [1.29, 1.82) is 0 Å². The van der Waals surface area contributed by atoms with E-state index in [1.54, 1.807) is 6.08 Å². The summed E-state index contributed by atoms with van der Waals surface area (Å²) in [6.45, 7) is 4.39. The standard InChI is InChI=1S/C23H33ClO3/c1-3-4-5-6-7-11-21-20(22(24)15-23(21)26)13-12-18(25)16-27-19-10-8-9-17(2)14-19/h6-10,12-14,18,20-23,25-26H,3-5,11,15-16H2,1-2H3/b7-6+,13-12+. The number of unbranched alkanes of at least 4 members (excludes halogenated alkanes) is 2. The predicted octanol–water partition coefficient (Wildman–Crippen LogP) is 5.03. The van der Waals surface area contributed by atoms with Gasteiger partial charge in [0.2, 0.25) is 0 Å². The Morgan fingerprint density at radius 2 is 2.15 bits per heavy atom. The van der Waals surface area contributed by atoms with Gasteiger partial charge in [-0.2, -0.15) is 0 Å². The molecule has 0 aromatic heterocycles. The second-order valence-electron chi connectivity index (χ2n) is 7.49. The van der Waals surface area contributed by atoms with Crippen LogP contribution in [0.1, 0.15) is 44.6 Å². The number of benzene rings is 1. The summed E-state index contributed by atoms with van der Waals surface area (Å²) in [5.41, 5.74) is 1.12. The predicted molar refractivity (Wildman–Crippen MR) is 112 cm³/mol. The molecule has 4 heteroatoms. The fourth-order valence-electron chi connectivity index (χ4n) is 3.56. The highest BCUT2D eigenvalue weighted by Crippen LogP contribution is 2.39. The molecule has 1 fully saturated rings. The minimum Gasteiger partial charge on any atom is -0.491 e. The van der Waals surface area contributed by atoms with Crippen LogP contribution in [0.5, 0.6) is 5.75 Å². The van der Waals surface area contributed by atoms with Gasteiger partial charge in [-0.15, -0.1) is 11.6 Å². The summed E-state index contributed by atoms with van der Waals surface area (Å²) in [6, 6.07) is 7.77. The molecule has 1 aliphatic carbocycles. The molecule has 1 saturated carbocycles. The lowest BCUT2D eigenvalue weighted by molar-refractivity contribution is 0.124. The van der Waals surface area contributed by atoms with Crippen LogP contribution in [0.15, 0.2) is 48.6 Å². The van der Waals surface area contributed by atoms with E-state index in [-0.39, 0.29) is 23.8 Å². The normalized spacial score (nSPS) is 26.9. The number of allylic oxidation sites excluding steroid dienone is 3. The van der Waals surface area contributed by atoms with Gasteiger partial charge in [-0.05, 0) is 55.7 Å². The molecule has 0 amide bonds. The summed E-state index contributed by atoms with van der Waals surface area (Å²) in [7, 11) is 0. The molecule has 5 atom stereocenters. The van der Waals surface area contributed by atoms with E-state index in [2.05, 4.69) is 19.1 Å². The number of aliphatic hydroxyl groups excluding tert-OH is 2. The van der Waals surface area contributed by atoms with Crippen molar-refractivity contribution in [2.75, 3.05) is 6.61 Å². The van der Waals surface area contributed by atoms with E-state index in [0.717, 1.165) is 24.2 Å². The summed E-state index contributed by atoms with van der Waals surface area (Å²) >= 11 is 6.46. The largest absolute Gasteiger partial charge is 0.491 e. The van der Waals surface area contributed by atoms with Crippen molar-refractivity contribution in [3.8, 4) is 5.75 Å². The highest BCUT2D eigenvalue weighted by Gasteiger charge is 2.39. The average molecular weight is 393 g/mol. The van der Waals surface area contributed by atoms with Crippen molar-refractivity contribution in [2.24, 2.45) is 11.8 Å². The Kier molecular flexibility index (Phi) is 9.40. The molecule has 3 nitrogen and oxygen atoms in total. The van der Waals surface area contributed by atoms with Crippen LogP contribution in [0.2, 0.25) is 0 Å². The van der Waals surface area contributed by atoms with Gasteiger partial charge in [0.15, 0.2) is 0 Å². The van der Waals surface area contributed by atoms with Gasteiger partial charge in [0, 0.05) is 5.38 Å². The van der Waals surface area contributed by atoms with Gasteiger partial charge in [0.25, 0.3) is 0 Å². The zero-order valence-corrected chi connectivity index (χ0v) is 17.2. The molecule has 27 heavy (non-hydrogen) atoms. The molecule has 0 saturated heterocycles. The maximum absolute atomic E-state index is 10.3. The molecule has 2 N–H and O–H groups in total. The second kappa shape index (κ2) is 11.5. The van der Waals surface area contributed by atoms with E-state index < -0.39 is 12.2 Å². The van der Waals surface area contributed by atoms with E-state index >= 15 is 0 Å². The van der Waals surface area contributed by atoms with Crippen LogP contribution >= 0.6 is 11.6 Å². The maximum Gasteiger partial charge on any atom is 0.119 e. The smallest absolute Gasteiger partial charge is 0.119 e. The first-order valence-corrected chi connectivity index (χ1v) is 10.5. The van der Waals surface area contributed by atoms with Crippen LogP contribution in [-0.2, 0) is 0 Å². The monoisotopic (exact) mass is 392 g/mol. The lowest BCUT2D eigenvalue weighted by Crippen LogP contribution is -2.20. The first kappa shape index (κ1) is 22.0. The van der Waals surface area contributed by atoms with Crippen LogP contribution < -0.4 is 4.74 Å². The topological polar surface area (TPSA) is 49.7 Å². The van der Waals surface area contributed by atoms with Gasteiger partial charge in [-0.3, -0.25) is 0 Å². The van der Waals surface area contributed by atoms with Crippen molar-refractivity contribution < 1.29 is 14.9 Å². The Balaban J connectivity index is 1.86. The molecule has 150 valence electrons. The molecule has 0 heterocycles. The van der Waals surface area contributed by atoms with Crippen molar-refractivity contribution in [3.05, 3.63) is 54.1 Å². The van der Waals surface area contributed by atoms with Gasteiger partial charge in [0.1, 0.15) is 18.5 Å². The van der Waals surface area contributed by atoms with Crippen LogP contribution in [0, 0.1) is 18.8 Å². The molecule has 5 unspecified atom stereocenters. The number of aryl methyl sites for hydroxylation is 1. The third-order valence-corrected chi connectivity index (χ3v) is 5.61. The van der Waals surface area contributed by atoms with Crippen molar-refractivity contribution >= 4 is 11.6 Å². The Morgan fingerprint density at radius 1 is 1.33 bits per heavy atom. The molecule has 1 aromatic carbocycles. The summed E-state index contributed by atoms with van der Waals surface area (Å²) in [5, 5.41) is 20.5. The molecular weight excluding hydrogens is 360 g/mol. The van der Waals surface area contributed by atoms with Gasteiger partial charge >= 0.3 is 0 Å². The van der Waals surface area contributed by atoms with Crippen molar-refractivity contribution in [1.82, 2.24) is 0 Å². The molecular formula is C23H33ClO3. The molecule has 2 rings (SSSR count). The summed E-state index contributed by atoms with van der Waals surface area (Å²) in [4.78, 5) is 0. The Labute approximate surface area is 168 Å². The lowest BCUT2D eigenvalue weighted by atomic mass is 9.90. The number of rotatable bonds is 10. The van der Waals surface area contributed by atoms with Crippen molar-refractivity contribution in [2.45, 2.75) is 63.5 Å². The van der Waals surface area contributed by atoms with E-state index in [1.807, 2.05) is 37.3 Å². The first-order chi connectivity index (χ1) is 13.0. The molecule has 0 spiro atoms. The van der Waals surface area contributed by atoms with Crippen molar-refractivity contribution in [3.63, 3.8) is 0 Å². The fraction of sp³-hybridized carbons (Fsp3) is 0.565. The van der Waals surface area contributed by atoms with E-state index in [0.29, 0.717) is 6.42 Å². The zero-order chi connectivity index (χ0) is 19.6.